The number of thiocarbonyl (C=S) groups is 1. The van der Waals surface area contributed by atoms with E-state index in [9.17, 15) is 10.1 Å². The monoisotopic (exact) mass is 319 g/mol. The Labute approximate surface area is 135 Å². The number of rotatable bonds is 4. The first kappa shape index (κ1) is 15.2. The molecule has 2 aliphatic rings. The molecule has 0 aliphatic heterocycles. The molecule has 0 aromatic heterocycles. The molecule has 4 atom stereocenters. The lowest BCUT2D eigenvalue weighted by molar-refractivity contribution is -0.384. The first-order valence-electron chi connectivity index (χ1n) is 7.85. The summed E-state index contributed by atoms with van der Waals surface area (Å²) in [7, 11) is 0. The van der Waals surface area contributed by atoms with Crippen LogP contribution in [-0.4, -0.2) is 16.1 Å². The standard InChI is InChI=1S/C16H21N3O2S/c1-10(15-9-11-2-3-12(15)8-11)17-16(22)18-13-4-6-14(7-5-13)19(20)21/h4-7,10-12,15H,2-3,8-9H2,1H3,(H2,17,18,22)/t10-,11+,12+,15-/m0/s1. The van der Waals surface area contributed by atoms with E-state index in [4.69, 9.17) is 12.2 Å². The molecule has 2 bridgehead atoms. The highest BCUT2D eigenvalue weighted by Crippen LogP contribution is 2.49. The van der Waals surface area contributed by atoms with Gasteiger partial charge in [0.1, 0.15) is 0 Å². The van der Waals surface area contributed by atoms with Crippen LogP contribution < -0.4 is 10.6 Å². The molecule has 2 fully saturated rings. The van der Waals surface area contributed by atoms with Crippen molar-refractivity contribution in [2.45, 2.75) is 38.6 Å². The van der Waals surface area contributed by atoms with Crippen LogP contribution in [0.3, 0.4) is 0 Å². The lowest BCUT2D eigenvalue weighted by atomic mass is 9.84. The summed E-state index contributed by atoms with van der Waals surface area (Å²) in [6.45, 7) is 2.20. The fourth-order valence-corrected chi connectivity index (χ4v) is 4.36. The number of anilines is 1. The van der Waals surface area contributed by atoms with Crippen molar-refractivity contribution >= 4 is 28.7 Å². The van der Waals surface area contributed by atoms with Crippen molar-refractivity contribution in [1.82, 2.24) is 5.32 Å². The second-order valence-electron chi connectivity index (χ2n) is 6.53. The Morgan fingerprint density at radius 2 is 2.05 bits per heavy atom. The average Bonchev–Trinajstić information content (AvgIpc) is 3.10. The van der Waals surface area contributed by atoms with Gasteiger partial charge in [0, 0.05) is 23.9 Å². The van der Waals surface area contributed by atoms with Crippen molar-refractivity contribution in [3.05, 3.63) is 34.4 Å². The van der Waals surface area contributed by atoms with E-state index in [1.54, 1.807) is 12.1 Å². The Kier molecular flexibility index (Phi) is 4.29. The van der Waals surface area contributed by atoms with E-state index in [-0.39, 0.29) is 5.69 Å². The average molecular weight is 319 g/mol. The molecule has 2 aliphatic carbocycles. The maximum atomic E-state index is 10.6. The lowest BCUT2D eigenvalue weighted by Gasteiger charge is -2.29. The van der Waals surface area contributed by atoms with Gasteiger partial charge in [-0.3, -0.25) is 10.1 Å². The van der Waals surface area contributed by atoms with E-state index in [1.165, 1.54) is 37.8 Å². The van der Waals surface area contributed by atoms with Crippen LogP contribution >= 0.6 is 12.2 Å². The van der Waals surface area contributed by atoms with E-state index in [0.717, 1.165) is 23.4 Å². The van der Waals surface area contributed by atoms with Crippen LogP contribution in [0.5, 0.6) is 0 Å². The number of hydrogen-bond donors (Lipinski definition) is 2. The Morgan fingerprint density at radius 3 is 2.59 bits per heavy atom. The third-order valence-corrected chi connectivity index (χ3v) is 5.35. The number of fused-ring (bicyclic) bond motifs is 2. The molecular weight excluding hydrogens is 298 g/mol. The molecule has 0 saturated heterocycles. The highest BCUT2D eigenvalue weighted by Gasteiger charge is 2.41. The summed E-state index contributed by atoms with van der Waals surface area (Å²) in [6, 6.07) is 6.67. The van der Waals surface area contributed by atoms with Crippen LogP contribution in [0.15, 0.2) is 24.3 Å². The molecule has 2 N–H and O–H groups in total. The van der Waals surface area contributed by atoms with Crippen molar-refractivity contribution in [2.75, 3.05) is 5.32 Å². The molecule has 0 heterocycles. The molecule has 0 unspecified atom stereocenters. The Balaban J connectivity index is 1.52. The molecule has 0 radical (unpaired) electrons. The second kappa shape index (κ2) is 6.20. The highest BCUT2D eigenvalue weighted by molar-refractivity contribution is 7.80. The van der Waals surface area contributed by atoms with Gasteiger partial charge in [-0.1, -0.05) is 6.42 Å². The van der Waals surface area contributed by atoms with Crippen LogP contribution in [-0.2, 0) is 0 Å². The minimum absolute atomic E-state index is 0.0831. The molecule has 22 heavy (non-hydrogen) atoms. The second-order valence-corrected chi connectivity index (χ2v) is 6.94. The Morgan fingerprint density at radius 1 is 1.32 bits per heavy atom. The molecular formula is C16H21N3O2S. The van der Waals surface area contributed by atoms with E-state index in [2.05, 4.69) is 17.6 Å². The summed E-state index contributed by atoms with van der Waals surface area (Å²) in [5.41, 5.74) is 0.850. The Hall–Kier alpha value is -1.69. The van der Waals surface area contributed by atoms with Gasteiger partial charge < -0.3 is 10.6 Å². The van der Waals surface area contributed by atoms with E-state index in [1.807, 2.05) is 0 Å². The van der Waals surface area contributed by atoms with Gasteiger partial charge in [0.2, 0.25) is 0 Å². The van der Waals surface area contributed by atoms with Crippen molar-refractivity contribution in [2.24, 2.45) is 17.8 Å². The van der Waals surface area contributed by atoms with Crippen LogP contribution in [0.4, 0.5) is 11.4 Å². The summed E-state index contributed by atoms with van der Waals surface area (Å²) in [4.78, 5) is 10.2. The molecule has 2 saturated carbocycles. The first-order chi connectivity index (χ1) is 10.5. The number of nitro benzene ring substituents is 1. The maximum absolute atomic E-state index is 10.6. The predicted molar refractivity (Wildman–Crippen MR) is 90.9 cm³/mol. The SMILES string of the molecule is C[C@H](NC(=S)Nc1ccc([N+](=O)[O-])cc1)[C@@H]1C[C@@H]2CC[C@@H]1C2. The zero-order valence-corrected chi connectivity index (χ0v) is 13.4. The van der Waals surface area contributed by atoms with Crippen molar-refractivity contribution in [1.29, 1.82) is 0 Å². The van der Waals surface area contributed by atoms with Gasteiger partial charge in [0.25, 0.3) is 5.69 Å². The fraction of sp³-hybridized carbons (Fsp3) is 0.562. The van der Waals surface area contributed by atoms with Gasteiger partial charge in [-0.15, -0.1) is 0 Å². The molecule has 1 aromatic rings. The van der Waals surface area contributed by atoms with Crippen LogP contribution in [0.1, 0.15) is 32.6 Å². The van der Waals surface area contributed by atoms with Crippen LogP contribution in [0, 0.1) is 27.9 Å². The molecule has 0 amide bonds. The number of hydrogen-bond acceptors (Lipinski definition) is 3. The van der Waals surface area contributed by atoms with Gasteiger partial charge in [0.05, 0.1) is 4.92 Å². The van der Waals surface area contributed by atoms with Gasteiger partial charge in [0.15, 0.2) is 5.11 Å². The normalized spacial score (nSPS) is 27.4. The largest absolute Gasteiger partial charge is 0.360 e. The summed E-state index contributed by atoms with van der Waals surface area (Å²) in [6.07, 6.45) is 5.47. The quantitative estimate of drug-likeness (QED) is 0.503. The maximum Gasteiger partial charge on any atom is 0.269 e. The van der Waals surface area contributed by atoms with Crippen molar-refractivity contribution in [3.63, 3.8) is 0 Å². The molecule has 118 valence electrons. The number of benzene rings is 1. The minimum atomic E-state index is -0.405. The van der Waals surface area contributed by atoms with Gasteiger partial charge in [-0.25, -0.2) is 0 Å². The molecule has 6 heteroatoms. The summed E-state index contributed by atoms with van der Waals surface area (Å²) in [5.74, 6) is 2.50. The summed E-state index contributed by atoms with van der Waals surface area (Å²) >= 11 is 5.36. The van der Waals surface area contributed by atoms with Crippen LogP contribution in [0.25, 0.3) is 0 Å². The zero-order chi connectivity index (χ0) is 15.7. The third kappa shape index (κ3) is 3.21. The number of nitro groups is 1. The number of nitrogens with zero attached hydrogens (tertiary/aromatic N) is 1. The smallest absolute Gasteiger partial charge is 0.269 e. The van der Waals surface area contributed by atoms with Crippen molar-refractivity contribution < 1.29 is 4.92 Å². The molecule has 0 spiro atoms. The van der Waals surface area contributed by atoms with Gasteiger partial charge >= 0.3 is 0 Å². The minimum Gasteiger partial charge on any atom is -0.360 e. The molecule has 5 nitrogen and oxygen atoms in total. The van der Waals surface area contributed by atoms with Gasteiger partial charge in [-0.2, -0.15) is 0 Å². The van der Waals surface area contributed by atoms with E-state index in [0.29, 0.717) is 11.2 Å². The van der Waals surface area contributed by atoms with Gasteiger partial charge in [-0.05, 0) is 68.3 Å². The zero-order valence-electron chi connectivity index (χ0n) is 12.6. The van der Waals surface area contributed by atoms with Crippen molar-refractivity contribution in [3.8, 4) is 0 Å². The fourth-order valence-electron chi connectivity index (χ4n) is 4.05. The first-order valence-corrected chi connectivity index (χ1v) is 8.25. The molecule has 1 aromatic carbocycles. The van der Waals surface area contributed by atoms with E-state index < -0.39 is 4.92 Å². The highest BCUT2D eigenvalue weighted by atomic mass is 32.1. The lowest BCUT2D eigenvalue weighted by Crippen LogP contribution is -2.42. The van der Waals surface area contributed by atoms with Crippen LogP contribution in [0.2, 0.25) is 0 Å². The summed E-state index contributed by atoms with van der Waals surface area (Å²) < 4.78 is 0. The third-order valence-electron chi connectivity index (χ3n) is 5.13. The van der Waals surface area contributed by atoms with E-state index >= 15 is 0 Å². The number of non-ortho nitro benzene ring substituents is 1. The predicted octanol–water partition coefficient (Wildman–Crippen LogP) is 3.71. The Bertz CT molecular complexity index is 575. The summed E-state index contributed by atoms with van der Waals surface area (Å²) in [5, 5.41) is 17.7. The topological polar surface area (TPSA) is 67.2 Å². The molecule has 3 rings (SSSR count). The number of nitrogens with one attached hydrogen (secondary N) is 2.